The molecule has 2 amide bonds. The third-order valence-electron chi connectivity index (χ3n) is 3.21. The molecule has 0 bridgehead atoms. The number of rotatable bonds is 7. The van der Waals surface area contributed by atoms with Gasteiger partial charge in [-0.15, -0.1) is 0 Å². The molecule has 0 aliphatic heterocycles. The maximum absolute atomic E-state index is 12.1. The fourth-order valence-electron chi connectivity index (χ4n) is 2.15. The van der Waals surface area contributed by atoms with Crippen LogP contribution in [0.5, 0.6) is 0 Å². The highest BCUT2D eigenvalue weighted by Gasteiger charge is 2.10. The summed E-state index contributed by atoms with van der Waals surface area (Å²) in [5, 5.41) is 16.1. The lowest BCUT2D eigenvalue weighted by atomic mass is 10.2. The Morgan fingerprint density at radius 1 is 1.00 bits per heavy atom. The van der Waals surface area contributed by atoms with Crippen molar-refractivity contribution in [1.82, 2.24) is 20.6 Å². The first-order valence-corrected chi connectivity index (χ1v) is 7.79. The fraction of sp³-hybridized carbons (Fsp3) is 0.235. The molecule has 1 aromatic heterocycles. The monoisotopic (exact) mass is 357 g/mol. The topological polar surface area (TPSA) is 133 Å². The summed E-state index contributed by atoms with van der Waals surface area (Å²) in [6, 6.07) is 8.50. The predicted molar refractivity (Wildman–Crippen MR) is 94.2 cm³/mol. The van der Waals surface area contributed by atoms with Crippen LogP contribution in [0.2, 0.25) is 0 Å². The van der Waals surface area contributed by atoms with Gasteiger partial charge >= 0.3 is 5.97 Å². The van der Waals surface area contributed by atoms with Gasteiger partial charge in [-0.2, -0.15) is 0 Å². The summed E-state index contributed by atoms with van der Waals surface area (Å²) in [6.45, 7) is 2.91. The number of hydrogen-bond acceptors (Lipinski definition) is 6. The highest BCUT2D eigenvalue weighted by Crippen LogP contribution is 2.15. The first-order valence-electron chi connectivity index (χ1n) is 7.79. The maximum atomic E-state index is 12.1. The number of anilines is 2. The van der Waals surface area contributed by atoms with E-state index in [1.165, 1.54) is 0 Å². The molecule has 0 saturated carbocycles. The molecule has 0 atom stereocenters. The summed E-state index contributed by atoms with van der Waals surface area (Å²) in [5.41, 5.74) is 2.60. The Labute approximate surface area is 149 Å². The second kappa shape index (κ2) is 8.56. The standard InChI is InChI=1S/C17H19N5O4/c1-10-6-11(2)21-17(20-10)22-13-5-3-4-12(7-13)16(26)19-8-14(23)18-9-15(24)25/h3-7H,8-9H2,1-2H3,(H,18,23)(H,19,26)(H,24,25)(H,20,21,22). The summed E-state index contributed by atoms with van der Waals surface area (Å²) in [7, 11) is 0. The van der Waals surface area contributed by atoms with E-state index in [1.54, 1.807) is 24.3 Å². The van der Waals surface area contributed by atoms with Crippen molar-refractivity contribution in [2.75, 3.05) is 18.4 Å². The first kappa shape index (κ1) is 18.8. The summed E-state index contributed by atoms with van der Waals surface area (Å²) in [5.74, 6) is -1.77. The molecule has 1 aromatic carbocycles. The van der Waals surface area contributed by atoms with Gasteiger partial charge in [0.25, 0.3) is 5.91 Å². The van der Waals surface area contributed by atoms with E-state index < -0.39 is 24.3 Å². The number of carboxylic acids is 1. The van der Waals surface area contributed by atoms with Gasteiger partial charge in [0.15, 0.2) is 0 Å². The van der Waals surface area contributed by atoms with Crippen LogP contribution in [0.3, 0.4) is 0 Å². The van der Waals surface area contributed by atoms with E-state index in [-0.39, 0.29) is 6.54 Å². The van der Waals surface area contributed by atoms with Gasteiger partial charge in [-0.1, -0.05) is 6.07 Å². The van der Waals surface area contributed by atoms with E-state index in [9.17, 15) is 14.4 Å². The maximum Gasteiger partial charge on any atom is 0.322 e. The highest BCUT2D eigenvalue weighted by molar-refractivity contribution is 5.97. The van der Waals surface area contributed by atoms with Gasteiger partial charge in [0.2, 0.25) is 11.9 Å². The smallest absolute Gasteiger partial charge is 0.322 e. The van der Waals surface area contributed by atoms with E-state index in [2.05, 4.69) is 25.9 Å². The zero-order valence-electron chi connectivity index (χ0n) is 14.4. The Balaban J connectivity index is 1.98. The quantitative estimate of drug-likeness (QED) is 0.575. The Morgan fingerprint density at radius 2 is 1.69 bits per heavy atom. The molecule has 9 heteroatoms. The molecule has 0 saturated heterocycles. The molecule has 9 nitrogen and oxygen atoms in total. The van der Waals surface area contributed by atoms with Crippen molar-refractivity contribution >= 4 is 29.4 Å². The SMILES string of the molecule is Cc1cc(C)nc(Nc2cccc(C(=O)NCC(=O)NCC(=O)O)c2)n1. The average Bonchev–Trinajstić information content (AvgIpc) is 2.57. The molecule has 136 valence electrons. The minimum absolute atomic E-state index is 0.316. The van der Waals surface area contributed by atoms with Crippen LogP contribution < -0.4 is 16.0 Å². The van der Waals surface area contributed by atoms with Crippen molar-refractivity contribution in [3.05, 3.63) is 47.3 Å². The van der Waals surface area contributed by atoms with Crippen LogP contribution in [0.4, 0.5) is 11.6 Å². The molecule has 0 unspecified atom stereocenters. The molecule has 1 heterocycles. The molecule has 26 heavy (non-hydrogen) atoms. The van der Waals surface area contributed by atoms with Crippen molar-refractivity contribution < 1.29 is 19.5 Å². The summed E-state index contributed by atoms with van der Waals surface area (Å²) >= 11 is 0. The fourth-order valence-corrected chi connectivity index (χ4v) is 2.15. The zero-order valence-corrected chi connectivity index (χ0v) is 14.4. The lowest BCUT2D eigenvalue weighted by Crippen LogP contribution is -2.39. The summed E-state index contributed by atoms with van der Waals surface area (Å²) < 4.78 is 0. The zero-order chi connectivity index (χ0) is 19.1. The number of nitrogens with zero attached hydrogens (tertiary/aromatic N) is 2. The van der Waals surface area contributed by atoms with Crippen LogP contribution in [0.25, 0.3) is 0 Å². The molecular weight excluding hydrogens is 338 g/mol. The normalized spacial score (nSPS) is 10.1. The molecule has 0 fully saturated rings. The van der Waals surface area contributed by atoms with Gasteiger partial charge in [-0.25, -0.2) is 9.97 Å². The van der Waals surface area contributed by atoms with Crippen molar-refractivity contribution in [1.29, 1.82) is 0 Å². The molecule has 2 rings (SSSR count). The number of amides is 2. The van der Waals surface area contributed by atoms with Crippen LogP contribution in [0.1, 0.15) is 21.7 Å². The summed E-state index contributed by atoms with van der Waals surface area (Å²) in [6.07, 6.45) is 0. The number of carbonyl (C=O) groups is 3. The predicted octanol–water partition coefficient (Wildman–Crippen LogP) is 0.768. The van der Waals surface area contributed by atoms with Gasteiger partial charge in [-0.3, -0.25) is 14.4 Å². The van der Waals surface area contributed by atoms with Crippen molar-refractivity contribution in [3.8, 4) is 0 Å². The second-order valence-corrected chi connectivity index (χ2v) is 5.53. The third kappa shape index (κ3) is 5.86. The third-order valence-corrected chi connectivity index (χ3v) is 3.21. The van der Waals surface area contributed by atoms with Crippen LogP contribution in [0, 0.1) is 13.8 Å². The van der Waals surface area contributed by atoms with Crippen LogP contribution in [-0.2, 0) is 9.59 Å². The molecule has 0 spiro atoms. The lowest BCUT2D eigenvalue weighted by Gasteiger charge is -2.09. The number of hydrogen-bond donors (Lipinski definition) is 4. The lowest BCUT2D eigenvalue weighted by molar-refractivity contribution is -0.137. The molecule has 0 aliphatic rings. The molecule has 0 radical (unpaired) electrons. The average molecular weight is 357 g/mol. The van der Waals surface area contributed by atoms with Crippen molar-refractivity contribution in [2.24, 2.45) is 0 Å². The molecule has 0 aliphatic carbocycles. The number of aliphatic carboxylic acids is 1. The Morgan fingerprint density at radius 3 is 2.35 bits per heavy atom. The van der Waals surface area contributed by atoms with Gasteiger partial charge < -0.3 is 21.1 Å². The van der Waals surface area contributed by atoms with E-state index in [0.717, 1.165) is 11.4 Å². The van der Waals surface area contributed by atoms with E-state index >= 15 is 0 Å². The van der Waals surface area contributed by atoms with Crippen LogP contribution >= 0.6 is 0 Å². The van der Waals surface area contributed by atoms with Crippen LogP contribution in [0.15, 0.2) is 30.3 Å². The highest BCUT2D eigenvalue weighted by atomic mass is 16.4. The number of benzene rings is 1. The van der Waals surface area contributed by atoms with Crippen LogP contribution in [-0.4, -0.2) is 45.9 Å². The van der Waals surface area contributed by atoms with E-state index in [1.807, 2.05) is 19.9 Å². The molecule has 4 N–H and O–H groups in total. The summed E-state index contributed by atoms with van der Waals surface area (Å²) in [4.78, 5) is 42.5. The first-order chi connectivity index (χ1) is 12.3. The number of carbonyl (C=O) groups excluding carboxylic acids is 2. The Hall–Kier alpha value is -3.49. The number of nitrogens with one attached hydrogen (secondary N) is 3. The van der Waals surface area contributed by atoms with Gasteiger partial charge in [0.1, 0.15) is 6.54 Å². The number of aromatic nitrogens is 2. The van der Waals surface area contributed by atoms with Crippen molar-refractivity contribution in [2.45, 2.75) is 13.8 Å². The second-order valence-electron chi connectivity index (χ2n) is 5.53. The number of carboxylic acid groups (broad SMARTS) is 1. The van der Waals surface area contributed by atoms with Gasteiger partial charge in [0.05, 0.1) is 6.54 Å². The molecular formula is C17H19N5O4. The largest absolute Gasteiger partial charge is 0.480 e. The minimum atomic E-state index is -1.16. The van der Waals surface area contributed by atoms with E-state index in [0.29, 0.717) is 17.2 Å². The number of aryl methyl sites for hydroxylation is 2. The minimum Gasteiger partial charge on any atom is -0.480 e. The Bertz CT molecular complexity index is 817. The Kier molecular flexibility index (Phi) is 6.20. The van der Waals surface area contributed by atoms with Crippen molar-refractivity contribution in [3.63, 3.8) is 0 Å². The van der Waals surface area contributed by atoms with Gasteiger partial charge in [0, 0.05) is 22.6 Å². The molecule has 2 aromatic rings. The van der Waals surface area contributed by atoms with E-state index in [4.69, 9.17) is 5.11 Å². The van der Waals surface area contributed by atoms with Gasteiger partial charge in [-0.05, 0) is 38.1 Å².